The summed E-state index contributed by atoms with van der Waals surface area (Å²) in [5, 5.41) is 0. The monoisotopic (exact) mass is 363 g/mol. The van der Waals surface area contributed by atoms with E-state index in [-0.39, 0.29) is 25.3 Å². The average molecular weight is 364 g/mol. The molecule has 0 bridgehead atoms. The van der Waals surface area contributed by atoms with Crippen LogP contribution in [0, 0.1) is 0 Å². The van der Waals surface area contributed by atoms with Crippen molar-refractivity contribution in [2.75, 3.05) is 31.3 Å². The summed E-state index contributed by atoms with van der Waals surface area (Å²) in [6.07, 6.45) is -0.271. The van der Waals surface area contributed by atoms with Gasteiger partial charge in [-0.25, -0.2) is 0 Å². The van der Waals surface area contributed by atoms with Crippen LogP contribution in [0.2, 0.25) is 0 Å². The summed E-state index contributed by atoms with van der Waals surface area (Å²) < 4.78 is 23.4. The van der Waals surface area contributed by atoms with Gasteiger partial charge in [0, 0.05) is 11.5 Å². The van der Waals surface area contributed by atoms with Gasteiger partial charge in [-0.05, 0) is 41.9 Å². The molecule has 112 valence electrons. The third-order valence-corrected chi connectivity index (χ3v) is 5.20. The van der Waals surface area contributed by atoms with Gasteiger partial charge in [0.2, 0.25) is 5.91 Å². The maximum absolute atomic E-state index is 12.3. The summed E-state index contributed by atoms with van der Waals surface area (Å²) in [5.41, 5.74) is 0.706. The molecular formula is C13H19BrNO4P. The Morgan fingerprint density at radius 2 is 1.80 bits per heavy atom. The SMILES string of the molecule is CCOP(=O)(CC(=O)N(C)c1ccccc1Br)OCC. The van der Waals surface area contributed by atoms with Crippen molar-refractivity contribution >= 4 is 35.1 Å². The second-order valence-electron chi connectivity index (χ2n) is 4.01. The quantitative estimate of drug-likeness (QED) is 0.693. The minimum absolute atomic E-state index is 0.239. The number of carbonyl (C=O) groups is 1. The molecule has 5 nitrogen and oxygen atoms in total. The minimum atomic E-state index is -3.37. The van der Waals surface area contributed by atoms with E-state index in [4.69, 9.17) is 9.05 Å². The van der Waals surface area contributed by atoms with Gasteiger partial charge in [0.05, 0.1) is 18.9 Å². The molecule has 0 unspecified atom stereocenters. The first-order valence-electron chi connectivity index (χ1n) is 6.32. The molecule has 7 heteroatoms. The Bertz CT molecular complexity index is 499. The summed E-state index contributed by atoms with van der Waals surface area (Å²) in [7, 11) is -1.74. The third kappa shape index (κ3) is 4.70. The van der Waals surface area contributed by atoms with Gasteiger partial charge in [0.15, 0.2) is 0 Å². The fourth-order valence-corrected chi connectivity index (χ4v) is 3.79. The van der Waals surface area contributed by atoms with E-state index in [2.05, 4.69) is 15.9 Å². The van der Waals surface area contributed by atoms with Crippen molar-refractivity contribution in [1.29, 1.82) is 0 Å². The molecule has 0 aromatic heterocycles. The van der Waals surface area contributed by atoms with Gasteiger partial charge in [-0.3, -0.25) is 9.36 Å². The molecule has 0 spiro atoms. The zero-order valence-electron chi connectivity index (χ0n) is 11.8. The van der Waals surface area contributed by atoms with E-state index in [0.29, 0.717) is 5.69 Å². The maximum Gasteiger partial charge on any atom is 0.340 e. The highest BCUT2D eigenvalue weighted by Crippen LogP contribution is 2.48. The Morgan fingerprint density at radius 3 is 2.30 bits per heavy atom. The van der Waals surface area contributed by atoms with E-state index in [1.54, 1.807) is 27.0 Å². The number of hydrogen-bond acceptors (Lipinski definition) is 4. The molecule has 0 aliphatic carbocycles. The highest BCUT2D eigenvalue weighted by atomic mass is 79.9. The number of anilines is 1. The standard InChI is InChI=1S/C13H19BrNO4P/c1-4-18-20(17,19-5-2)10-13(16)15(3)12-9-7-6-8-11(12)14/h6-9H,4-5,10H2,1-3H3. The Labute approximate surface area is 127 Å². The smallest absolute Gasteiger partial charge is 0.314 e. The Hall–Kier alpha value is -0.680. The summed E-state index contributed by atoms with van der Waals surface area (Å²) in [5.74, 6) is -0.317. The lowest BCUT2D eigenvalue weighted by Gasteiger charge is -2.22. The van der Waals surface area contributed by atoms with Gasteiger partial charge in [0.25, 0.3) is 0 Å². The molecule has 1 aromatic carbocycles. The number of amides is 1. The van der Waals surface area contributed by atoms with Crippen LogP contribution in [0.25, 0.3) is 0 Å². The first-order valence-corrected chi connectivity index (χ1v) is 8.84. The van der Waals surface area contributed by atoms with Crippen molar-refractivity contribution in [1.82, 2.24) is 0 Å². The van der Waals surface area contributed by atoms with E-state index < -0.39 is 7.60 Å². The van der Waals surface area contributed by atoms with Crippen LogP contribution in [-0.2, 0) is 18.4 Å². The number of benzene rings is 1. The van der Waals surface area contributed by atoms with Crippen LogP contribution in [0.3, 0.4) is 0 Å². The topological polar surface area (TPSA) is 55.8 Å². The zero-order chi connectivity index (χ0) is 15.2. The highest BCUT2D eigenvalue weighted by molar-refractivity contribution is 9.10. The van der Waals surface area contributed by atoms with Gasteiger partial charge in [-0.15, -0.1) is 0 Å². The molecule has 0 saturated carbocycles. The molecular weight excluding hydrogens is 345 g/mol. The number of rotatable bonds is 7. The summed E-state index contributed by atoms with van der Waals surface area (Å²) >= 11 is 3.38. The van der Waals surface area contributed by atoms with E-state index >= 15 is 0 Å². The molecule has 1 amide bonds. The largest absolute Gasteiger partial charge is 0.340 e. The lowest BCUT2D eigenvalue weighted by atomic mass is 10.3. The van der Waals surface area contributed by atoms with Crippen molar-refractivity contribution < 1.29 is 18.4 Å². The molecule has 0 heterocycles. The summed E-state index contributed by atoms with van der Waals surface area (Å²) in [4.78, 5) is 13.7. The molecule has 0 aliphatic rings. The van der Waals surface area contributed by atoms with Crippen molar-refractivity contribution in [3.63, 3.8) is 0 Å². The van der Waals surface area contributed by atoms with Crippen molar-refractivity contribution in [3.05, 3.63) is 28.7 Å². The second-order valence-corrected chi connectivity index (χ2v) is 6.92. The predicted octanol–water partition coefficient (Wildman–Crippen LogP) is 3.68. The zero-order valence-corrected chi connectivity index (χ0v) is 14.3. The molecule has 1 aromatic rings. The average Bonchev–Trinajstić information content (AvgIpc) is 2.38. The predicted molar refractivity (Wildman–Crippen MR) is 83.3 cm³/mol. The van der Waals surface area contributed by atoms with Crippen LogP contribution < -0.4 is 4.90 Å². The molecule has 0 radical (unpaired) electrons. The van der Waals surface area contributed by atoms with Crippen LogP contribution in [0.1, 0.15) is 13.8 Å². The summed E-state index contributed by atoms with van der Waals surface area (Å²) in [6.45, 7) is 3.91. The van der Waals surface area contributed by atoms with E-state index in [9.17, 15) is 9.36 Å². The molecule has 0 atom stereocenters. The fourth-order valence-electron chi connectivity index (χ4n) is 1.65. The summed E-state index contributed by atoms with van der Waals surface area (Å²) in [6, 6.07) is 7.32. The molecule has 0 saturated heterocycles. The van der Waals surface area contributed by atoms with Crippen molar-refractivity contribution in [2.45, 2.75) is 13.8 Å². The molecule has 0 fully saturated rings. The van der Waals surface area contributed by atoms with Gasteiger partial charge in [0.1, 0.15) is 6.16 Å². The Balaban J connectivity index is 2.84. The van der Waals surface area contributed by atoms with Crippen LogP contribution >= 0.6 is 23.5 Å². The molecule has 1 rings (SSSR count). The minimum Gasteiger partial charge on any atom is -0.314 e. The van der Waals surface area contributed by atoms with Crippen LogP contribution in [-0.4, -0.2) is 32.3 Å². The van der Waals surface area contributed by atoms with Gasteiger partial charge >= 0.3 is 7.60 Å². The number of hydrogen-bond donors (Lipinski definition) is 0. The van der Waals surface area contributed by atoms with Crippen molar-refractivity contribution in [3.8, 4) is 0 Å². The number of halogens is 1. The number of nitrogens with zero attached hydrogens (tertiary/aromatic N) is 1. The molecule has 0 aliphatic heterocycles. The van der Waals surface area contributed by atoms with Crippen LogP contribution in [0.15, 0.2) is 28.7 Å². The molecule has 0 N–H and O–H groups in total. The van der Waals surface area contributed by atoms with Gasteiger partial charge in [-0.2, -0.15) is 0 Å². The molecule has 20 heavy (non-hydrogen) atoms. The highest BCUT2D eigenvalue weighted by Gasteiger charge is 2.29. The van der Waals surface area contributed by atoms with E-state index in [0.717, 1.165) is 4.47 Å². The van der Waals surface area contributed by atoms with Crippen molar-refractivity contribution in [2.24, 2.45) is 0 Å². The maximum atomic E-state index is 12.3. The normalized spacial score (nSPS) is 11.4. The first-order chi connectivity index (χ1) is 9.43. The Kier molecular flexibility index (Phi) is 6.89. The van der Waals surface area contributed by atoms with Gasteiger partial charge in [-0.1, -0.05) is 12.1 Å². The lowest BCUT2D eigenvalue weighted by molar-refractivity contribution is -0.116. The number of para-hydroxylation sites is 1. The lowest BCUT2D eigenvalue weighted by Crippen LogP contribution is -2.30. The number of carbonyl (C=O) groups excluding carboxylic acids is 1. The van der Waals surface area contributed by atoms with Crippen LogP contribution in [0.5, 0.6) is 0 Å². The second kappa shape index (κ2) is 7.93. The van der Waals surface area contributed by atoms with E-state index in [1.807, 2.05) is 18.2 Å². The fraction of sp³-hybridized carbons (Fsp3) is 0.462. The first kappa shape index (κ1) is 17.4. The van der Waals surface area contributed by atoms with E-state index in [1.165, 1.54) is 4.90 Å². The Morgan fingerprint density at radius 1 is 1.25 bits per heavy atom. The van der Waals surface area contributed by atoms with Crippen LogP contribution in [0.4, 0.5) is 5.69 Å². The van der Waals surface area contributed by atoms with Gasteiger partial charge < -0.3 is 13.9 Å². The third-order valence-electron chi connectivity index (χ3n) is 2.57.